The van der Waals surface area contributed by atoms with E-state index in [2.05, 4.69) is 18.5 Å². The van der Waals surface area contributed by atoms with Gasteiger partial charge in [-0.25, -0.2) is 0 Å². The Kier molecular flexibility index (Phi) is 7.08. The zero-order chi connectivity index (χ0) is 15.1. The maximum absolute atomic E-state index is 12.1. The molecule has 5 heteroatoms. The number of hydrogen-bond acceptors (Lipinski definition) is 3. The summed E-state index contributed by atoms with van der Waals surface area (Å²) in [6.45, 7) is 14.2. The van der Waals surface area contributed by atoms with Crippen LogP contribution in [-0.2, 0) is 9.59 Å². The number of aliphatic carboxylic acids is 1. The van der Waals surface area contributed by atoms with Crippen molar-refractivity contribution in [2.45, 2.75) is 26.8 Å². The molecule has 108 valence electrons. The molecule has 0 aromatic carbocycles. The Hall–Kier alpha value is -1.62. The van der Waals surface area contributed by atoms with Crippen LogP contribution in [0.1, 0.15) is 20.8 Å². The zero-order valence-electron chi connectivity index (χ0n) is 12.0. The lowest BCUT2D eigenvalue weighted by atomic mass is 9.91. The molecule has 5 nitrogen and oxygen atoms in total. The number of carbonyl (C=O) groups is 2. The van der Waals surface area contributed by atoms with Crippen molar-refractivity contribution in [1.82, 2.24) is 10.2 Å². The highest BCUT2D eigenvalue weighted by molar-refractivity contribution is 5.86. The molecule has 0 aromatic heterocycles. The Morgan fingerprint density at radius 2 is 1.79 bits per heavy atom. The Morgan fingerprint density at radius 3 is 2.16 bits per heavy atom. The van der Waals surface area contributed by atoms with E-state index in [0.29, 0.717) is 19.6 Å². The van der Waals surface area contributed by atoms with Gasteiger partial charge in [0, 0.05) is 19.6 Å². The Bertz CT molecular complexity index is 341. The third-order valence-electron chi connectivity index (χ3n) is 2.73. The molecule has 0 saturated heterocycles. The molecule has 0 aromatic rings. The molecule has 0 aliphatic heterocycles. The van der Waals surface area contributed by atoms with Gasteiger partial charge in [0.25, 0.3) is 0 Å². The van der Waals surface area contributed by atoms with Crippen molar-refractivity contribution < 1.29 is 14.7 Å². The van der Waals surface area contributed by atoms with Gasteiger partial charge in [0.1, 0.15) is 6.04 Å². The normalized spacial score (nSPS) is 12.8. The van der Waals surface area contributed by atoms with Crippen LogP contribution in [0.4, 0.5) is 0 Å². The molecule has 0 radical (unpaired) electrons. The molecule has 0 saturated carbocycles. The van der Waals surface area contributed by atoms with Crippen molar-refractivity contribution in [3.05, 3.63) is 25.3 Å². The molecule has 1 atom stereocenters. The minimum Gasteiger partial charge on any atom is -0.480 e. The van der Waals surface area contributed by atoms with Gasteiger partial charge in [-0.05, 0) is 20.8 Å². The van der Waals surface area contributed by atoms with Crippen LogP contribution in [0.3, 0.4) is 0 Å². The van der Waals surface area contributed by atoms with E-state index in [0.717, 1.165) is 0 Å². The first-order valence-corrected chi connectivity index (χ1v) is 6.22. The lowest BCUT2D eigenvalue weighted by Crippen LogP contribution is -2.49. The van der Waals surface area contributed by atoms with E-state index in [1.807, 2.05) is 4.90 Å². The van der Waals surface area contributed by atoms with Crippen LogP contribution in [0.25, 0.3) is 0 Å². The van der Waals surface area contributed by atoms with Crippen molar-refractivity contribution in [3.8, 4) is 0 Å². The van der Waals surface area contributed by atoms with E-state index in [4.69, 9.17) is 5.11 Å². The SMILES string of the molecule is C=CCN(CC=C)CC(C)(C)C(=O)NC(C)C(=O)O. The number of carboxylic acids is 1. The van der Waals surface area contributed by atoms with Gasteiger partial charge in [0.05, 0.1) is 5.41 Å². The summed E-state index contributed by atoms with van der Waals surface area (Å²) in [5.41, 5.74) is -0.685. The summed E-state index contributed by atoms with van der Waals surface area (Å²) in [5.74, 6) is -1.32. The van der Waals surface area contributed by atoms with Gasteiger partial charge in [-0.2, -0.15) is 0 Å². The summed E-state index contributed by atoms with van der Waals surface area (Å²) in [4.78, 5) is 24.8. The van der Waals surface area contributed by atoms with Crippen LogP contribution in [0.5, 0.6) is 0 Å². The smallest absolute Gasteiger partial charge is 0.325 e. The van der Waals surface area contributed by atoms with Crippen LogP contribution in [-0.4, -0.2) is 47.6 Å². The average molecular weight is 268 g/mol. The lowest BCUT2D eigenvalue weighted by molar-refractivity contribution is -0.143. The number of carbonyl (C=O) groups excluding carboxylic acids is 1. The number of amides is 1. The fourth-order valence-electron chi connectivity index (χ4n) is 1.65. The molecule has 0 bridgehead atoms. The first-order valence-electron chi connectivity index (χ1n) is 6.22. The van der Waals surface area contributed by atoms with E-state index in [1.54, 1.807) is 26.0 Å². The van der Waals surface area contributed by atoms with Gasteiger partial charge < -0.3 is 10.4 Å². The number of hydrogen-bond donors (Lipinski definition) is 2. The number of nitrogens with one attached hydrogen (secondary N) is 1. The molecule has 19 heavy (non-hydrogen) atoms. The predicted molar refractivity (Wildman–Crippen MR) is 75.9 cm³/mol. The Morgan fingerprint density at radius 1 is 1.32 bits per heavy atom. The largest absolute Gasteiger partial charge is 0.480 e. The Balaban J connectivity index is 4.65. The van der Waals surface area contributed by atoms with E-state index < -0.39 is 17.4 Å². The van der Waals surface area contributed by atoms with Crippen molar-refractivity contribution in [2.75, 3.05) is 19.6 Å². The van der Waals surface area contributed by atoms with Crippen LogP contribution in [0, 0.1) is 5.41 Å². The fraction of sp³-hybridized carbons (Fsp3) is 0.571. The molecule has 1 amide bonds. The minimum atomic E-state index is -1.04. The molecule has 0 heterocycles. The van der Waals surface area contributed by atoms with Gasteiger partial charge in [0.15, 0.2) is 0 Å². The maximum Gasteiger partial charge on any atom is 0.325 e. The third kappa shape index (κ3) is 6.20. The highest BCUT2D eigenvalue weighted by Gasteiger charge is 2.31. The van der Waals surface area contributed by atoms with E-state index >= 15 is 0 Å². The second-order valence-corrected chi connectivity index (χ2v) is 5.19. The van der Waals surface area contributed by atoms with Gasteiger partial charge in [-0.1, -0.05) is 12.2 Å². The van der Waals surface area contributed by atoms with Gasteiger partial charge in [-0.15, -0.1) is 13.2 Å². The van der Waals surface area contributed by atoms with Crippen molar-refractivity contribution >= 4 is 11.9 Å². The van der Waals surface area contributed by atoms with Crippen molar-refractivity contribution in [1.29, 1.82) is 0 Å². The first kappa shape index (κ1) is 17.4. The standard InChI is InChI=1S/C14H24N2O3/c1-6-8-16(9-7-2)10-14(4,5)13(19)15-11(3)12(17)18/h6-7,11H,1-2,8-10H2,3-5H3,(H,15,19)(H,17,18). The molecule has 0 rings (SSSR count). The summed E-state index contributed by atoms with van der Waals surface area (Å²) < 4.78 is 0. The molecule has 2 N–H and O–H groups in total. The summed E-state index contributed by atoms with van der Waals surface area (Å²) in [7, 11) is 0. The summed E-state index contributed by atoms with van der Waals surface area (Å²) >= 11 is 0. The first-order chi connectivity index (χ1) is 8.74. The van der Waals surface area contributed by atoms with E-state index in [-0.39, 0.29) is 5.91 Å². The Labute approximate surface area is 115 Å². The molecule has 0 spiro atoms. The summed E-state index contributed by atoms with van der Waals surface area (Å²) in [5, 5.41) is 11.3. The number of rotatable bonds is 9. The third-order valence-corrected chi connectivity index (χ3v) is 2.73. The van der Waals surface area contributed by atoms with E-state index in [1.165, 1.54) is 6.92 Å². The molecule has 0 aliphatic rings. The number of carboxylic acid groups (broad SMARTS) is 1. The maximum atomic E-state index is 12.1. The molecular weight excluding hydrogens is 244 g/mol. The molecular formula is C14H24N2O3. The molecule has 0 fully saturated rings. The fourth-order valence-corrected chi connectivity index (χ4v) is 1.65. The highest BCUT2D eigenvalue weighted by Crippen LogP contribution is 2.17. The van der Waals surface area contributed by atoms with Gasteiger partial charge in [-0.3, -0.25) is 14.5 Å². The molecule has 1 unspecified atom stereocenters. The summed E-state index contributed by atoms with van der Waals surface area (Å²) in [6.07, 6.45) is 3.52. The number of nitrogens with zero attached hydrogens (tertiary/aromatic N) is 1. The monoisotopic (exact) mass is 268 g/mol. The van der Waals surface area contributed by atoms with Crippen molar-refractivity contribution in [3.63, 3.8) is 0 Å². The quantitative estimate of drug-likeness (QED) is 0.618. The van der Waals surface area contributed by atoms with Crippen molar-refractivity contribution in [2.24, 2.45) is 5.41 Å². The van der Waals surface area contributed by atoms with Crippen LogP contribution in [0.15, 0.2) is 25.3 Å². The second kappa shape index (κ2) is 7.74. The average Bonchev–Trinajstić information content (AvgIpc) is 2.28. The highest BCUT2D eigenvalue weighted by atomic mass is 16.4. The van der Waals surface area contributed by atoms with Crippen LogP contribution in [0.2, 0.25) is 0 Å². The summed E-state index contributed by atoms with van der Waals surface area (Å²) in [6, 6.07) is -0.890. The van der Waals surface area contributed by atoms with Gasteiger partial charge in [0.2, 0.25) is 5.91 Å². The zero-order valence-corrected chi connectivity index (χ0v) is 12.0. The van der Waals surface area contributed by atoms with Gasteiger partial charge >= 0.3 is 5.97 Å². The lowest BCUT2D eigenvalue weighted by Gasteiger charge is -2.31. The van der Waals surface area contributed by atoms with E-state index in [9.17, 15) is 9.59 Å². The minimum absolute atomic E-state index is 0.277. The second-order valence-electron chi connectivity index (χ2n) is 5.19. The van der Waals surface area contributed by atoms with Crippen LogP contribution < -0.4 is 5.32 Å². The predicted octanol–water partition coefficient (Wildman–Crippen LogP) is 1.28. The molecule has 0 aliphatic carbocycles. The topological polar surface area (TPSA) is 69.6 Å². The van der Waals surface area contributed by atoms with Crippen LogP contribution >= 0.6 is 0 Å².